The van der Waals surface area contributed by atoms with Gasteiger partial charge in [-0.1, -0.05) is 12.1 Å². The van der Waals surface area contributed by atoms with Crippen LogP contribution in [0.2, 0.25) is 0 Å². The molecule has 0 fully saturated rings. The van der Waals surface area contributed by atoms with E-state index in [2.05, 4.69) is 34.3 Å². The average Bonchev–Trinajstić information content (AvgIpc) is 3.00. The Kier molecular flexibility index (Phi) is 4.79. The second-order valence-electron chi connectivity index (χ2n) is 6.00. The van der Waals surface area contributed by atoms with E-state index in [1.807, 2.05) is 24.4 Å². The van der Waals surface area contributed by atoms with Gasteiger partial charge in [-0.05, 0) is 48.2 Å². The van der Waals surface area contributed by atoms with Gasteiger partial charge in [0.05, 0.1) is 0 Å². The molecule has 2 amide bonds. The summed E-state index contributed by atoms with van der Waals surface area (Å²) >= 11 is 0. The van der Waals surface area contributed by atoms with Crippen molar-refractivity contribution in [3.63, 3.8) is 0 Å². The fourth-order valence-electron chi connectivity index (χ4n) is 2.92. The molecule has 2 heterocycles. The normalized spacial score (nSPS) is 10.8. The largest absolute Gasteiger partial charge is 0.361 e. The summed E-state index contributed by atoms with van der Waals surface area (Å²) < 4.78 is 0. The van der Waals surface area contributed by atoms with Crippen LogP contribution in [0, 0.1) is 6.92 Å². The molecule has 0 aliphatic carbocycles. The Hall–Kier alpha value is -2.82. The quantitative estimate of drug-likeness (QED) is 0.757. The second kappa shape index (κ2) is 7.17. The zero-order valence-corrected chi connectivity index (χ0v) is 14.0. The van der Waals surface area contributed by atoms with Gasteiger partial charge >= 0.3 is 6.03 Å². The maximum absolute atomic E-state index is 12.2. The molecule has 24 heavy (non-hydrogen) atoms. The first-order chi connectivity index (χ1) is 11.6. The van der Waals surface area contributed by atoms with Crippen LogP contribution in [0.25, 0.3) is 10.9 Å². The molecule has 3 aromatic rings. The lowest BCUT2D eigenvalue weighted by Gasteiger charge is -2.18. The highest BCUT2D eigenvalue weighted by Gasteiger charge is 2.10. The van der Waals surface area contributed by atoms with Crippen molar-refractivity contribution in [2.75, 3.05) is 13.6 Å². The summed E-state index contributed by atoms with van der Waals surface area (Å²) in [5.41, 5.74) is 4.70. The number of carbonyl (C=O) groups excluding carboxylic acids is 1. The van der Waals surface area contributed by atoms with Gasteiger partial charge in [-0.25, -0.2) is 4.79 Å². The van der Waals surface area contributed by atoms with Gasteiger partial charge in [0.1, 0.15) is 0 Å². The molecule has 0 saturated carbocycles. The summed E-state index contributed by atoms with van der Waals surface area (Å²) in [6, 6.07) is 10.0. The second-order valence-corrected chi connectivity index (χ2v) is 6.00. The first-order valence-electron chi connectivity index (χ1n) is 8.08. The summed E-state index contributed by atoms with van der Waals surface area (Å²) in [5, 5.41) is 4.24. The molecule has 2 aromatic heterocycles. The minimum absolute atomic E-state index is 0.0663. The van der Waals surface area contributed by atoms with Crippen LogP contribution in [-0.4, -0.2) is 34.5 Å². The number of pyridine rings is 1. The number of nitrogens with one attached hydrogen (secondary N) is 2. The van der Waals surface area contributed by atoms with Crippen LogP contribution in [0.5, 0.6) is 0 Å². The molecular formula is C19H22N4O. The zero-order chi connectivity index (χ0) is 16.9. The molecule has 0 saturated heterocycles. The van der Waals surface area contributed by atoms with E-state index in [-0.39, 0.29) is 6.03 Å². The van der Waals surface area contributed by atoms with E-state index in [4.69, 9.17) is 0 Å². The molecule has 0 aliphatic heterocycles. The molecule has 3 rings (SSSR count). The highest BCUT2D eigenvalue weighted by Crippen LogP contribution is 2.22. The van der Waals surface area contributed by atoms with Gasteiger partial charge in [-0.15, -0.1) is 0 Å². The summed E-state index contributed by atoms with van der Waals surface area (Å²) in [7, 11) is 1.80. The number of H-pyrrole nitrogens is 1. The molecule has 0 aliphatic rings. The third-order valence-electron chi connectivity index (χ3n) is 4.18. The topological polar surface area (TPSA) is 61.0 Å². The summed E-state index contributed by atoms with van der Waals surface area (Å²) in [4.78, 5) is 21.2. The van der Waals surface area contributed by atoms with Crippen molar-refractivity contribution in [3.05, 3.63) is 65.6 Å². The zero-order valence-electron chi connectivity index (χ0n) is 14.0. The van der Waals surface area contributed by atoms with Crippen molar-refractivity contribution in [1.29, 1.82) is 0 Å². The first-order valence-corrected chi connectivity index (χ1v) is 8.08. The number of benzene rings is 1. The van der Waals surface area contributed by atoms with Crippen molar-refractivity contribution < 1.29 is 4.79 Å². The third-order valence-corrected chi connectivity index (χ3v) is 4.18. The minimum atomic E-state index is -0.0663. The first kappa shape index (κ1) is 16.1. The highest BCUT2D eigenvalue weighted by molar-refractivity contribution is 5.86. The number of amides is 2. The van der Waals surface area contributed by atoms with Crippen molar-refractivity contribution in [1.82, 2.24) is 20.2 Å². The predicted octanol–water partition coefficient (Wildman–Crippen LogP) is 3.26. The number of aromatic nitrogens is 2. The molecule has 5 nitrogen and oxygen atoms in total. The van der Waals surface area contributed by atoms with Gasteiger partial charge in [0.15, 0.2) is 0 Å². The maximum Gasteiger partial charge on any atom is 0.317 e. The molecular weight excluding hydrogens is 300 g/mol. The van der Waals surface area contributed by atoms with E-state index >= 15 is 0 Å². The van der Waals surface area contributed by atoms with Crippen LogP contribution in [0.3, 0.4) is 0 Å². The van der Waals surface area contributed by atoms with Crippen LogP contribution in [0.1, 0.15) is 16.7 Å². The van der Waals surface area contributed by atoms with E-state index in [1.54, 1.807) is 24.3 Å². The van der Waals surface area contributed by atoms with Gasteiger partial charge < -0.3 is 15.2 Å². The molecule has 124 valence electrons. The number of hydrogen-bond donors (Lipinski definition) is 2. The van der Waals surface area contributed by atoms with Crippen LogP contribution in [-0.2, 0) is 13.0 Å². The van der Waals surface area contributed by atoms with Gasteiger partial charge in [0, 0.05) is 49.6 Å². The number of carbonyl (C=O) groups is 1. The SMILES string of the molecule is Cc1cccc2[nH]cc(CCNC(=O)N(C)Cc3ccncc3)c12. The van der Waals surface area contributed by atoms with Gasteiger partial charge in [0.25, 0.3) is 0 Å². The molecule has 1 aromatic carbocycles. The molecule has 5 heteroatoms. The predicted molar refractivity (Wildman–Crippen MR) is 95.8 cm³/mol. The van der Waals surface area contributed by atoms with Gasteiger partial charge in [0.2, 0.25) is 0 Å². The molecule has 0 atom stereocenters. The minimum Gasteiger partial charge on any atom is -0.361 e. The Morgan fingerprint density at radius 2 is 2.04 bits per heavy atom. The van der Waals surface area contributed by atoms with E-state index in [0.717, 1.165) is 17.5 Å². The number of rotatable bonds is 5. The molecule has 0 spiro atoms. The number of fused-ring (bicyclic) bond motifs is 1. The van der Waals surface area contributed by atoms with Crippen molar-refractivity contribution in [2.24, 2.45) is 0 Å². The monoisotopic (exact) mass is 322 g/mol. The number of aryl methyl sites for hydroxylation is 1. The van der Waals surface area contributed by atoms with Crippen molar-refractivity contribution in [2.45, 2.75) is 19.9 Å². The number of urea groups is 1. The lowest BCUT2D eigenvalue weighted by Crippen LogP contribution is -2.37. The van der Waals surface area contributed by atoms with E-state index in [1.165, 1.54) is 16.5 Å². The Morgan fingerprint density at radius 3 is 2.83 bits per heavy atom. The van der Waals surface area contributed by atoms with Gasteiger partial charge in [-0.2, -0.15) is 0 Å². The Balaban J connectivity index is 1.54. The molecule has 2 N–H and O–H groups in total. The van der Waals surface area contributed by atoms with Gasteiger partial charge in [-0.3, -0.25) is 4.98 Å². The summed E-state index contributed by atoms with van der Waals surface area (Å²) in [6.07, 6.45) is 6.31. The summed E-state index contributed by atoms with van der Waals surface area (Å²) in [6.45, 7) is 3.29. The smallest absolute Gasteiger partial charge is 0.317 e. The van der Waals surface area contributed by atoms with Crippen LogP contribution in [0.4, 0.5) is 4.79 Å². The van der Waals surface area contributed by atoms with Crippen LogP contribution < -0.4 is 5.32 Å². The number of aromatic amines is 1. The molecule has 0 unspecified atom stereocenters. The Bertz CT molecular complexity index is 826. The Labute approximate surface area is 141 Å². The lowest BCUT2D eigenvalue weighted by atomic mass is 10.1. The number of hydrogen-bond acceptors (Lipinski definition) is 2. The average molecular weight is 322 g/mol. The fraction of sp³-hybridized carbons (Fsp3) is 0.263. The van der Waals surface area contributed by atoms with E-state index in [9.17, 15) is 4.79 Å². The van der Waals surface area contributed by atoms with E-state index in [0.29, 0.717) is 13.1 Å². The molecule has 0 radical (unpaired) electrons. The van der Waals surface area contributed by atoms with Crippen LogP contribution >= 0.6 is 0 Å². The van der Waals surface area contributed by atoms with E-state index < -0.39 is 0 Å². The summed E-state index contributed by atoms with van der Waals surface area (Å²) in [5.74, 6) is 0. The van der Waals surface area contributed by atoms with Crippen LogP contribution in [0.15, 0.2) is 48.9 Å². The maximum atomic E-state index is 12.2. The fourth-order valence-corrected chi connectivity index (χ4v) is 2.92. The standard InChI is InChI=1S/C19H22N4O/c1-14-4-3-5-17-18(14)16(12-22-17)8-11-21-19(24)23(2)13-15-6-9-20-10-7-15/h3-7,9-10,12,22H,8,11,13H2,1-2H3,(H,21,24). The number of nitrogens with zero attached hydrogens (tertiary/aromatic N) is 2. The third kappa shape index (κ3) is 3.56. The van der Waals surface area contributed by atoms with Crippen molar-refractivity contribution >= 4 is 16.9 Å². The lowest BCUT2D eigenvalue weighted by molar-refractivity contribution is 0.207. The Morgan fingerprint density at radius 1 is 1.25 bits per heavy atom. The highest BCUT2D eigenvalue weighted by atomic mass is 16.2. The molecule has 0 bridgehead atoms. The van der Waals surface area contributed by atoms with Crippen molar-refractivity contribution in [3.8, 4) is 0 Å².